The number of halogens is 2. The minimum absolute atomic E-state index is 0.0281. The standard InChI is InChI=1S/C34H26F2N6O6S/c1-2-48-28-6-4-3-5-24(28)34(30-20-40(13-14-41(30)33(44)45)31-12-8-22(18-38)19-39-31)25-15-21(17-37)7-10-27(25)42(32(34)43)49(46,47)29-11-9-23(35)16-26(29)36/h3-12,15-16,19,30H,2,13-14,20H2,1H3,(H,44,45). The maximum absolute atomic E-state index is 15.4. The van der Waals surface area contributed by atoms with Gasteiger partial charge in [-0.1, -0.05) is 18.2 Å². The lowest BCUT2D eigenvalue weighted by molar-refractivity contribution is -0.122. The largest absolute Gasteiger partial charge is 0.494 e. The zero-order chi connectivity index (χ0) is 35.1. The summed E-state index contributed by atoms with van der Waals surface area (Å²) in [5.41, 5.74) is -2.09. The number of piperazine rings is 1. The van der Waals surface area contributed by atoms with E-state index < -0.39 is 50.0 Å². The normalized spacial score (nSPS) is 18.8. The maximum Gasteiger partial charge on any atom is 0.407 e. The van der Waals surface area contributed by atoms with Gasteiger partial charge in [0, 0.05) is 43.0 Å². The molecule has 2 aliphatic heterocycles. The molecule has 0 spiro atoms. The highest BCUT2D eigenvalue weighted by molar-refractivity contribution is 7.93. The summed E-state index contributed by atoms with van der Waals surface area (Å²) in [4.78, 5) is 34.4. The van der Waals surface area contributed by atoms with Gasteiger partial charge in [-0.3, -0.25) is 4.79 Å². The van der Waals surface area contributed by atoms with Gasteiger partial charge in [0.25, 0.3) is 15.9 Å². The number of carboxylic acid groups (broad SMARTS) is 1. The summed E-state index contributed by atoms with van der Waals surface area (Å²) in [7, 11) is -5.13. The minimum atomic E-state index is -5.13. The topological polar surface area (TPSA) is 168 Å². The van der Waals surface area contributed by atoms with E-state index in [4.69, 9.17) is 4.74 Å². The third-order valence-corrected chi connectivity index (χ3v) is 10.4. The van der Waals surface area contributed by atoms with Crippen LogP contribution in [-0.4, -0.2) is 67.7 Å². The van der Waals surface area contributed by atoms with Crippen LogP contribution in [0, 0.1) is 34.3 Å². The van der Waals surface area contributed by atoms with E-state index in [1.54, 1.807) is 36.1 Å². The van der Waals surface area contributed by atoms with Gasteiger partial charge in [-0.05, 0) is 55.5 Å². The number of hydrogen-bond acceptors (Lipinski definition) is 9. The molecule has 15 heteroatoms. The van der Waals surface area contributed by atoms with Gasteiger partial charge in [0.15, 0.2) is 0 Å². The van der Waals surface area contributed by atoms with Crippen molar-refractivity contribution in [3.63, 3.8) is 0 Å². The third kappa shape index (κ3) is 5.25. The lowest BCUT2D eigenvalue weighted by Crippen LogP contribution is -2.66. The van der Waals surface area contributed by atoms with Crippen molar-refractivity contribution in [3.05, 3.63) is 113 Å². The molecule has 3 heterocycles. The zero-order valence-electron chi connectivity index (χ0n) is 25.7. The first kappa shape index (κ1) is 32.9. The Labute approximate surface area is 279 Å². The predicted molar refractivity (Wildman–Crippen MR) is 170 cm³/mol. The number of pyridine rings is 1. The Morgan fingerprint density at radius 3 is 2.41 bits per heavy atom. The quantitative estimate of drug-likeness (QED) is 0.295. The number of para-hydroxylation sites is 1. The molecule has 0 radical (unpaired) electrons. The molecule has 49 heavy (non-hydrogen) atoms. The maximum atomic E-state index is 15.4. The van der Waals surface area contributed by atoms with Gasteiger partial charge >= 0.3 is 6.09 Å². The van der Waals surface area contributed by atoms with Crippen LogP contribution in [0.2, 0.25) is 0 Å². The molecule has 248 valence electrons. The van der Waals surface area contributed by atoms with E-state index in [9.17, 15) is 33.2 Å². The van der Waals surface area contributed by atoms with Crippen LogP contribution >= 0.6 is 0 Å². The summed E-state index contributed by atoms with van der Waals surface area (Å²) >= 11 is 0. The predicted octanol–water partition coefficient (Wildman–Crippen LogP) is 4.39. The van der Waals surface area contributed by atoms with Gasteiger partial charge in [0.1, 0.15) is 39.6 Å². The summed E-state index contributed by atoms with van der Waals surface area (Å²) in [6.45, 7) is 1.54. The van der Waals surface area contributed by atoms with E-state index in [2.05, 4.69) is 4.98 Å². The van der Waals surface area contributed by atoms with E-state index >= 15 is 9.18 Å². The van der Waals surface area contributed by atoms with Crippen molar-refractivity contribution >= 4 is 33.5 Å². The zero-order valence-corrected chi connectivity index (χ0v) is 26.6. The second-order valence-electron chi connectivity index (χ2n) is 11.2. The number of amides is 2. The van der Waals surface area contributed by atoms with Crippen LogP contribution in [0.1, 0.15) is 29.2 Å². The fourth-order valence-corrected chi connectivity index (χ4v) is 8.09. The molecule has 4 aromatic rings. The Morgan fingerprint density at radius 1 is 1.02 bits per heavy atom. The Morgan fingerprint density at radius 2 is 1.76 bits per heavy atom. The van der Waals surface area contributed by atoms with Crippen LogP contribution in [0.15, 0.2) is 83.9 Å². The molecular weight excluding hydrogens is 658 g/mol. The van der Waals surface area contributed by atoms with Gasteiger partial charge in [0.2, 0.25) is 0 Å². The first-order valence-corrected chi connectivity index (χ1v) is 16.3. The van der Waals surface area contributed by atoms with E-state index in [1.807, 2.05) is 12.1 Å². The molecule has 2 aliphatic rings. The van der Waals surface area contributed by atoms with Crippen molar-refractivity contribution in [2.45, 2.75) is 23.3 Å². The van der Waals surface area contributed by atoms with Crippen LogP contribution in [0.3, 0.4) is 0 Å². The lowest BCUT2D eigenvalue weighted by Gasteiger charge is -2.48. The summed E-state index contributed by atoms with van der Waals surface area (Å²) in [6, 6.07) is 17.6. The number of fused-ring (bicyclic) bond motifs is 1. The number of ether oxygens (including phenoxy) is 1. The highest BCUT2D eigenvalue weighted by Crippen LogP contribution is 2.54. The van der Waals surface area contributed by atoms with Crippen LogP contribution < -0.4 is 13.9 Å². The fraction of sp³-hybridized carbons (Fsp3) is 0.206. The first-order valence-electron chi connectivity index (χ1n) is 14.9. The van der Waals surface area contributed by atoms with Gasteiger partial charge in [-0.25, -0.2) is 31.3 Å². The van der Waals surface area contributed by atoms with Crippen LogP contribution in [0.5, 0.6) is 5.75 Å². The second kappa shape index (κ2) is 12.5. The van der Waals surface area contributed by atoms with Crippen LogP contribution in [-0.2, 0) is 20.2 Å². The molecular formula is C34H26F2N6O6S. The lowest BCUT2D eigenvalue weighted by atomic mass is 9.68. The Kier molecular flexibility index (Phi) is 8.40. The van der Waals surface area contributed by atoms with Crippen LogP contribution in [0.25, 0.3) is 0 Å². The van der Waals surface area contributed by atoms with Gasteiger partial charge in [0.05, 0.1) is 35.5 Å². The molecule has 6 rings (SSSR count). The number of benzene rings is 3. The average molecular weight is 685 g/mol. The Bertz CT molecular complexity index is 2190. The number of sulfonamides is 1. The molecule has 2 amide bonds. The molecule has 1 aromatic heterocycles. The number of aromatic nitrogens is 1. The number of nitrogens with zero attached hydrogens (tertiary/aromatic N) is 6. The van der Waals surface area contributed by atoms with Crippen molar-refractivity contribution in [1.82, 2.24) is 9.88 Å². The van der Waals surface area contributed by atoms with E-state index in [0.717, 1.165) is 11.0 Å². The summed E-state index contributed by atoms with van der Waals surface area (Å²) in [5.74, 6) is -3.16. The van der Waals surface area contributed by atoms with Crippen molar-refractivity contribution < 1.29 is 36.6 Å². The van der Waals surface area contributed by atoms with Crippen molar-refractivity contribution in [3.8, 4) is 17.9 Å². The van der Waals surface area contributed by atoms with Crippen LogP contribution in [0.4, 0.5) is 25.1 Å². The first-order chi connectivity index (χ1) is 23.5. The molecule has 0 bridgehead atoms. The summed E-state index contributed by atoms with van der Waals surface area (Å²) in [5, 5.41) is 29.8. The smallest absolute Gasteiger partial charge is 0.407 e. The summed E-state index contributed by atoms with van der Waals surface area (Å²) in [6.07, 6.45) is -0.0724. The molecule has 0 aliphatic carbocycles. The van der Waals surface area contributed by atoms with Crippen molar-refractivity contribution in [1.29, 1.82) is 10.5 Å². The Balaban J connectivity index is 1.68. The molecule has 2 atom stereocenters. The highest BCUT2D eigenvalue weighted by atomic mass is 32.2. The van der Waals surface area contributed by atoms with Gasteiger partial charge < -0.3 is 19.6 Å². The number of carbonyl (C=O) groups excluding carboxylic acids is 1. The SMILES string of the molecule is CCOc1ccccc1C1(C2CN(c3ccc(C#N)cn3)CCN2C(=O)O)C(=O)N(S(=O)(=O)c2ccc(F)cc2F)c2ccc(C#N)cc21. The third-order valence-electron chi connectivity index (χ3n) is 8.64. The van der Waals surface area contributed by atoms with Gasteiger partial charge in [-0.15, -0.1) is 0 Å². The number of rotatable bonds is 7. The number of hydrogen-bond donors (Lipinski definition) is 1. The molecule has 1 fully saturated rings. The molecule has 12 nitrogen and oxygen atoms in total. The minimum Gasteiger partial charge on any atom is -0.494 e. The average Bonchev–Trinajstić information content (AvgIpc) is 3.36. The Hall–Kier alpha value is -6.06. The molecule has 1 saturated heterocycles. The number of anilines is 2. The molecule has 0 saturated carbocycles. The van der Waals surface area contributed by atoms with E-state index in [-0.39, 0.29) is 59.9 Å². The number of nitriles is 2. The van der Waals surface area contributed by atoms with Crippen molar-refractivity contribution in [2.24, 2.45) is 0 Å². The monoisotopic (exact) mass is 684 g/mol. The number of carbonyl (C=O) groups is 2. The highest BCUT2D eigenvalue weighted by Gasteiger charge is 2.64. The summed E-state index contributed by atoms with van der Waals surface area (Å²) < 4.78 is 64.1. The van der Waals surface area contributed by atoms with E-state index in [0.29, 0.717) is 22.3 Å². The van der Waals surface area contributed by atoms with Crippen molar-refractivity contribution in [2.75, 3.05) is 35.4 Å². The molecule has 3 aromatic carbocycles. The fourth-order valence-electron chi connectivity index (χ4n) is 6.57. The van der Waals surface area contributed by atoms with Gasteiger partial charge in [-0.2, -0.15) is 10.5 Å². The molecule has 2 unspecified atom stereocenters. The van der Waals surface area contributed by atoms with E-state index in [1.165, 1.54) is 36.5 Å². The second-order valence-corrected chi connectivity index (χ2v) is 12.9. The molecule has 1 N–H and O–H groups in total.